The van der Waals surface area contributed by atoms with Gasteiger partial charge in [0.1, 0.15) is 0 Å². The first-order valence-corrected chi connectivity index (χ1v) is 7.54. The summed E-state index contributed by atoms with van der Waals surface area (Å²) in [6.45, 7) is 13.4. The van der Waals surface area contributed by atoms with E-state index in [1.165, 1.54) is 0 Å². The van der Waals surface area contributed by atoms with Gasteiger partial charge in [-0.15, -0.1) is 0 Å². The third kappa shape index (κ3) is 4.12. The molecule has 4 heteroatoms. The average Bonchev–Trinajstić information content (AvgIpc) is 2.48. The van der Waals surface area contributed by atoms with E-state index >= 15 is 0 Å². The van der Waals surface area contributed by atoms with Crippen molar-refractivity contribution in [1.82, 2.24) is 9.80 Å². The van der Waals surface area contributed by atoms with Gasteiger partial charge in [-0.25, -0.2) is 0 Å². The van der Waals surface area contributed by atoms with Crippen molar-refractivity contribution in [3.8, 4) is 11.5 Å². The maximum atomic E-state index is 10.2. The van der Waals surface area contributed by atoms with Gasteiger partial charge in [-0.1, -0.05) is 39.8 Å². The number of nitrogens with zero attached hydrogens (tertiary/aromatic N) is 2. The number of aromatic hydroxyl groups is 2. The Labute approximate surface area is 122 Å². The molecule has 1 aromatic carbocycles. The van der Waals surface area contributed by atoms with Crippen LogP contribution in [0.1, 0.15) is 38.8 Å². The lowest BCUT2D eigenvalue weighted by atomic mass is 10.1. The molecule has 0 aliphatic heterocycles. The van der Waals surface area contributed by atoms with Crippen molar-refractivity contribution in [3.63, 3.8) is 0 Å². The van der Waals surface area contributed by atoms with E-state index in [-0.39, 0.29) is 11.5 Å². The van der Waals surface area contributed by atoms with E-state index in [0.717, 1.165) is 37.3 Å². The molecule has 0 spiro atoms. The Kier molecular flexibility index (Phi) is 6.82. The molecule has 0 saturated carbocycles. The second-order valence-corrected chi connectivity index (χ2v) is 5.00. The molecule has 0 radical (unpaired) electrons. The van der Waals surface area contributed by atoms with E-state index in [1.54, 1.807) is 0 Å². The highest BCUT2D eigenvalue weighted by Crippen LogP contribution is 2.34. The lowest BCUT2D eigenvalue weighted by molar-refractivity contribution is 0.281. The Bertz CT molecular complexity index is 374. The van der Waals surface area contributed by atoms with E-state index in [1.807, 2.05) is 12.1 Å². The summed E-state index contributed by atoms with van der Waals surface area (Å²) in [6, 6.07) is 3.85. The molecule has 0 saturated heterocycles. The van der Waals surface area contributed by atoms with Crippen molar-refractivity contribution in [2.24, 2.45) is 0 Å². The number of phenols is 2. The van der Waals surface area contributed by atoms with Crippen LogP contribution in [-0.2, 0) is 13.1 Å². The minimum absolute atomic E-state index is 0.0292. The summed E-state index contributed by atoms with van der Waals surface area (Å²) in [6.07, 6.45) is 0. The molecule has 4 nitrogen and oxygen atoms in total. The third-order valence-electron chi connectivity index (χ3n) is 3.90. The van der Waals surface area contributed by atoms with Crippen LogP contribution in [0.2, 0.25) is 0 Å². The molecule has 0 bridgehead atoms. The molecule has 0 amide bonds. The molecule has 2 N–H and O–H groups in total. The van der Waals surface area contributed by atoms with Crippen LogP contribution in [0.5, 0.6) is 11.5 Å². The minimum Gasteiger partial charge on any atom is -0.504 e. The number of hydrogen-bond donors (Lipinski definition) is 2. The van der Waals surface area contributed by atoms with Crippen LogP contribution in [0.4, 0.5) is 0 Å². The summed E-state index contributed by atoms with van der Waals surface area (Å²) in [7, 11) is 0. The third-order valence-corrected chi connectivity index (χ3v) is 3.90. The van der Waals surface area contributed by atoms with Crippen LogP contribution < -0.4 is 0 Å². The van der Waals surface area contributed by atoms with Crippen molar-refractivity contribution in [1.29, 1.82) is 0 Å². The highest BCUT2D eigenvalue weighted by molar-refractivity contribution is 5.50. The van der Waals surface area contributed by atoms with E-state index in [0.29, 0.717) is 13.1 Å². The molecule has 0 heterocycles. The van der Waals surface area contributed by atoms with Gasteiger partial charge in [0, 0.05) is 24.2 Å². The van der Waals surface area contributed by atoms with Crippen LogP contribution in [-0.4, -0.2) is 46.2 Å². The fraction of sp³-hybridized carbons (Fsp3) is 0.625. The van der Waals surface area contributed by atoms with Gasteiger partial charge >= 0.3 is 0 Å². The van der Waals surface area contributed by atoms with Gasteiger partial charge in [0.05, 0.1) is 0 Å². The molecule has 1 aromatic rings. The Balaban J connectivity index is 2.91. The molecule has 20 heavy (non-hydrogen) atoms. The molecular formula is C16H28N2O2. The lowest BCUT2D eigenvalue weighted by Gasteiger charge is -2.22. The molecule has 0 aliphatic carbocycles. The van der Waals surface area contributed by atoms with Crippen LogP contribution in [0.15, 0.2) is 12.1 Å². The van der Waals surface area contributed by atoms with Crippen molar-refractivity contribution in [2.45, 2.75) is 40.8 Å². The van der Waals surface area contributed by atoms with E-state index in [2.05, 4.69) is 37.5 Å². The highest BCUT2D eigenvalue weighted by Gasteiger charge is 2.14. The summed E-state index contributed by atoms with van der Waals surface area (Å²) >= 11 is 0. The first kappa shape index (κ1) is 16.8. The highest BCUT2D eigenvalue weighted by atomic mass is 16.3. The smallest absolute Gasteiger partial charge is 0.162 e. The number of rotatable bonds is 8. The average molecular weight is 280 g/mol. The second-order valence-electron chi connectivity index (χ2n) is 5.00. The monoisotopic (exact) mass is 280 g/mol. The first-order chi connectivity index (χ1) is 9.57. The zero-order valence-electron chi connectivity index (χ0n) is 13.2. The lowest BCUT2D eigenvalue weighted by Crippen LogP contribution is -2.23. The summed E-state index contributed by atoms with van der Waals surface area (Å²) in [5, 5.41) is 20.4. The molecule has 0 unspecified atom stereocenters. The Morgan fingerprint density at radius 1 is 0.700 bits per heavy atom. The normalized spacial score (nSPS) is 11.5. The zero-order valence-corrected chi connectivity index (χ0v) is 13.2. The van der Waals surface area contributed by atoms with Gasteiger partial charge in [-0.2, -0.15) is 0 Å². The van der Waals surface area contributed by atoms with E-state index in [9.17, 15) is 10.2 Å². The Hall–Kier alpha value is -1.26. The van der Waals surface area contributed by atoms with Crippen molar-refractivity contribution >= 4 is 0 Å². The van der Waals surface area contributed by atoms with Crippen molar-refractivity contribution < 1.29 is 10.2 Å². The number of phenolic OH excluding ortho intramolecular Hbond substituents is 2. The van der Waals surface area contributed by atoms with Gasteiger partial charge in [0.25, 0.3) is 0 Å². The standard InChI is InChI=1S/C16H28N2O2/c1-5-17(6-2)11-13-9-10-14(16(20)15(13)19)12-18(7-3)8-4/h9-10,19-20H,5-8,11-12H2,1-4H3. The van der Waals surface area contributed by atoms with Gasteiger partial charge in [-0.3, -0.25) is 9.80 Å². The van der Waals surface area contributed by atoms with Crippen LogP contribution in [0, 0.1) is 0 Å². The van der Waals surface area contributed by atoms with Crippen LogP contribution in [0.3, 0.4) is 0 Å². The predicted octanol–water partition coefficient (Wildman–Crippen LogP) is 2.78. The molecular weight excluding hydrogens is 252 g/mol. The molecule has 0 fully saturated rings. The Morgan fingerprint density at radius 3 is 1.25 bits per heavy atom. The minimum atomic E-state index is 0.0292. The van der Waals surface area contributed by atoms with Crippen molar-refractivity contribution in [3.05, 3.63) is 23.3 Å². The van der Waals surface area contributed by atoms with Gasteiger partial charge in [0.2, 0.25) is 0 Å². The van der Waals surface area contributed by atoms with E-state index in [4.69, 9.17) is 0 Å². The first-order valence-electron chi connectivity index (χ1n) is 7.54. The van der Waals surface area contributed by atoms with Gasteiger partial charge in [0.15, 0.2) is 11.5 Å². The summed E-state index contributed by atoms with van der Waals surface area (Å²) in [5.41, 5.74) is 1.57. The predicted molar refractivity (Wildman–Crippen MR) is 83.0 cm³/mol. The second kappa shape index (κ2) is 8.12. The van der Waals surface area contributed by atoms with Gasteiger partial charge < -0.3 is 10.2 Å². The summed E-state index contributed by atoms with van der Waals surface area (Å²) < 4.78 is 0. The fourth-order valence-corrected chi connectivity index (χ4v) is 2.29. The summed E-state index contributed by atoms with van der Waals surface area (Å²) in [4.78, 5) is 4.41. The maximum absolute atomic E-state index is 10.2. The summed E-state index contributed by atoms with van der Waals surface area (Å²) in [5.74, 6) is 0.0584. The quantitative estimate of drug-likeness (QED) is 0.719. The van der Waals surface area contributed by atoms with Crippen LogP contribution >= 0.6 is 0 Å². The maximum Gasteiger partial charge on any atom is 0.162 e. The van der Waals surface area contributed by atoms with Crippen LogP contribution in [0.25, 0.3) is 0 Å². The topological polar surface area (TPSA) is 46.9 Å². The fourth-order valence-electron chi connectivity index (χ4n) is 2.29. The molecule has 0 aliphatic rings. The van der Waals surface area contributed by atoms with Gasteiger partial charge in [-0.05, 0) is 26.2 Å². The number of hydrogen-bond acceptors (Lipinski definition) is 4. The van der Waals surface area contributed by atoms with E-state index < -0.39 is 0 Å². The molecule has 1 rings (SSSR count). The molecule has 114 valence electrons. The molecule has 0 aromatic heterocycles. The molecule has 0 atom stereocenters. The largest absolute Gasteiger partial charge is 0.504 e. The SMILES string of the molecule is CCN(CC)Cc1ccc(CN(CC)CC)c(O)c1O. The number of benzene rings is 1. The zero-order chi connectivity index (χ0) is 15.1. The Morgan fingerprint density at radius 2 is 1.00 bits per heavy atom. The van der Waals surface area contributed by atoms with Crippen molar-refractivity contribution in [2.75, 3.05) is 26.2 Å².